The van der Waals surface area contributed by atoms with Crippen LogP contribution in [0.15, 0.2) is 66.9 Å². The Morgan fingerprint density at radius 3 is 2.56 bits per heavy atom. The van der Waals surface area contributed by atoms with E-state index in [1.165, 1.54) is 0 Å². The van der Waals surface area contributed by atoms with Gasteiger partial charge in [0.05, 0.1) is 12.6 Å². The first-order chi connectivity index (χ1) is 16.6. The lowest BCUT2D eigenvalue weighted by Gasteiger charge is -2.12. The normalized spacial score (nSPS) is 11.0. The van der Waals surface area contributed by atoms with Crippen molar-refractivity contribution in [3.8, 4) is 11.5 Å². The van der Waals surface area contributed by atoms with Gasteiger partial charge in [-0.2, -0.15) is 0 Å². The Morgan fingerprint density at radius 2 is 1.76 bits per heavy atom. The smallest absolute Gasteiger partial charge is 0.162 e. The van der Waals surface area contributed by atoms with Crippen LogP contribution in [0.25, 0.3) is 10.9 Å². The van der Waals surface area contributed by atoms with Crippen LogP contribution in [0.1, 0.15) is 23.1 Å². The van der Waals surface area contributed by atoms with Gasteiger partial charge in [0.1, 0.15) is 0 Å². The number of phenolic OH excluding ortho intramolecular Hbond substituents is 1. The van der Waals surface area contributed by atoms with Crippen LogP contribution in [-0.4, -0.2) is 30.3 Å². The maximum atomic E-state index is 10.2. The van der Waals surface area contributed by atoms with Gasteiger partial charge in [0.15, 0.2) is 11.5 Å². The average molecular weight is 496 g/mol. The van der Waals surface area contributed by atoms with Gasteiger partial charge in [-0.15, -0.1) is 0 Å². The van der Waals surface area contributed by atoms with Gasteiger partial charge < -0.3 is 20.5 Å². The Balaban J connectivity index is 1.32. The highest BCUT2D eigenvalue weighted by molar-refractivity contribution is 6.36. The van der Waals surface area contributed by atoms with E-state index in [9.17, 15) is 5.11 Å². The molecule has 0 aliphatic rings. The van der Waals surface area contributed by atoms with Gasteiger partial charge >= 0.3 is 0 Å². The van der Waals surface area contributed by atoms with Crippen LogP contribution in [0.3, 0.4) is 0 Å². The molecule has 0 aliphatic carbocycles. The number of fused-ring (bicyclic) bond motifs is 1. The fraction of sp³-hybridized carbons (Fsp3) is 0.222. The lowest BCUT2D eigenvalue weighted by molar-refractivity contribution is 0.369. The largest absolute Gasteiger partial charge is 0.504 e. The number of hydrogen-bond donors (Lipinski definition) is 3. The van der Waals surface area contributed by atoms with Gasteiger partial charge in [0.25, 0.3) is 0 Å². The molecule has 0 unspecified atom stereocenters. The van der Waals surface area contributed by atoms with Gasteiger partial charge in [0, 0.05) is 52.4 Å². The molecule has 0 bridgehead atoms. The quantitative estimate of drug-likeness (QED) is 0.221. The van der Waals surface area contributed by atoms with Crippen LogP contribution in [0, 0.1) is 0 Å². The SMILES string of the molecule is COc1cccc(CNCCCNc2ccnc3cc(Cc4c(Cl)cccc4Cl)ccc23)c1O. The van der Waals surface area contributed by atoms with Gasteiger partial charge in [-0.1, -0.05) is 53.5 Å². The van der Waals surface area contributed by atoms with Gasteiger partial charge in [0.2, 0.25) is 0 Å². The second kappa shape index (κ2) is 11.4. The third-order valence-electron chi connectivity index (χ3n) is 5.71. The molecule has 5 nitrogen and oxygen atoms in total. The van der Waals surface area contributed by atoms with E-state index in [2.05, 4.69) is 33.8 Å². The molecule has 0 aliphatic heterocycles. The van der Waals surface area contributed by atoms with Gasteiger partial charge in [-0.25, -0.2) is 0 Å². The summed E-state index contributed by atoms with van der Waals surface area (Å²) in [6.07, 6.45) is 3.40. The van der Waals surface area contributed by atoms with E-state index >= 15 is 0 Å². The molecule has 0 atom stereocenters. The highest BCUT2D eigenvalue weighted by Crippen LogP contribution is 2.30. The summed E-state index contributed by atoms with van der Waals surface area (Å²) < 4.78 is 5.16. The van der Waals surface area contributed by atoms with Crippen molar-refractivity contribution in [2.75, 3.05) is 25.5 Å². The van der Waals surface area contributed by atoms with Crippen LogP contribution in [-0.2, 0) is 13.0 Å². The third kappa shape index (κ3) is 5.73. The monoisotopic (exact) mass is 495 g/mol. The molecule has 0 amide bonds. The maximum Gasteiger partial charge on any atom is 0.162 e. The summed E-state index contributed by atoms with van der Waals surface area (Å²) in [7, 11) is 1.55. The van der Waals surface area contributed by atoms with Crippen LogP contribution >= 0.6 is 23.2 Å². The number of ether oxygens (including phenoxy) is 1. The standard InChI is InChI=1S/C27H27Cl2N3O2/c1-34-26-8-2-5-19(27(26)33)17-30-12-4-13-31-24-11-14-32-25-16-18(9-10-20(24)25)15-21-22(28)6-3-7-23(21)29/h2-3,5-11,14,16,30,33H,4,12-13,15,17H2,1H3,(H,31,32). The molecule has 3 N–H and O–H groups in total. The van der Waals surface area contributed by atoms with Crippen LogP contribution < -0.4 is 15.4 Å². The van der Waals surface area contributed by atoms with E-state index in [0.29, 0.717) is 28.8 Å². The maximum absolute atomic E-state index is 10.2. The number of halogens is 2. The van der Waals surface area contributed by atoms with Crippen molar-refractivity contribution >= 4 is 39.8 Å². The highest BCUT2D eigenvalue weighted by atomic mass is 35.5. The van der Waals surface area contributed by atoms with E-state index in [-0.39, 0.29) is 5.75 Å². The molecule has 3 aromatic carbocycles. The number of phenols is 1. The van der Waals surface area contributed by atoms with Gasteiger partial charge in [-0.3, -0.25) is 4.98 Å². The first kappa shape index (κ1) is 24.1. The number of para-hydroxylation sites is 1. The Kier molecular flexibility index (Phi) is 8.12. The van der Waals surface area contributed by atoms with Crippen molar-refractivity contribution in [3.63, 3.8) is 0 Å². The van der Waals surface area contributed by atoms with Crippen molar-refractivity contribution in [3.05, 3.63) is 93.6 Å². The van der Waals surface area contributed by atoms with E-state index in [0.717, 1.165) is 52.8 Å². The van der Waals surface area contributed by atoms with Gasteiger partial charge in [-0.05, 0) is 54.4 Å². The van der Waals surface area contributed by atoms with Crippen molar-refractivity contribution in [2.45, 2.75) is 19.4 Å². The molecule has 1 aromatic heterocycles. The summed E-state index contributed by atoms with van der Waals surface area (Å²) in [4.78, 5) is 4.55. The summed E-state index contributed by atoms with van der Waals surface area (Å²) in [6.45, 7) is 2.21. The minimum Gasteiger partial charge on any atom is -0.504 e. The minimum atomic E-state index is 0.190. The zero-order chi connectivity index (χ0) is 23.9. The molecule has 7 heteroatoms. The second-order valence-corrected chi connectivity index (χ2v) is 8.83. The summed E-state index contributed by atoms with van der Waals surface area (Å²) in [5.41, 5.74) is 4.84. The number of benzene rings is 3. The number of nitrogens with one attached hydrogen (secondary N) is 2. The molecule has 34 heavy (non-hydrogen) atoms. The molecule has 4 aromatic rings. The van der Waals surface area contributed by atoms with Crippen molar-refractivity contribution < 1.29 is 9.84 Å². The molecular weight excluding hydrogens is 469 g/mol. The average Bonchev–Trinajstić information content (AvgIpc) is 2.84. The summed E-state index contributed by atoms with van der Waals surface area (Å²) in [5, 5.41) is 19.5. The molecule has 0 fully saturated rings. The molecule has 0 spiro atoms. The van der Waals surface area contributed by atoms with E-state index in [4.69, 9.17) is 27.9 Å². The first-order valence-electron chi connectivity index (χ1n) is 11.2. The van der Waals surface area contributed by atoms with Crippen molar-refractivity contribution in [2.24, 2.45) is 0 Å². The number of pyridine rings is 1. The topological polar surface area (TPSA) is 66.4 Å². The molecule has 176 valence electrons. The summed E-state index contributed by atoms with van der Waals surface area (Å²) >= 11 is 12.7. The minimum absolute atomic E-state index is 0.190. The number of aromatic hydroxyl groups is 1. The van der Waals surface area contributed by atoms with Crippen LogP contribution in [0.5, 0.6) is 11.5 Å². The molecule has 0 saturated carbocycles. The number of methoxy groups -OCH3 is 1. The fourth-order valence-corrected chi connectivity index (χ4v) is 4.43. The number of anilines is 1. The molecule has 1 heterocycles. The second-order valence-electron chi connectivity index (χ2n) is 8.01. The predicted molar refractivity (Wildman–Crippen MR) is 140 cm³/mol. The number of hydrogen-bond acceptors (Lipinski definition) is 5. The Labute approximate surface area is 209 Å². The van der Waals surface area contributed by atoms with Crippen molar-refractivity contribution in [1.82, 2.24) is 10.3 Å². The van der Waals surface area contributed by atoms with E-state index in [1.54, 1.807) is 13.2 Å². The molecule has 4 rings (SSSR count). The first-order valence-corrected chi connectivity index (χ1v) is 11.9. The number of aromatic nitrogens is 1. The van der Waals surface area contributed by atoms with Crippen LogP contribution in [0.4, 0.5) is 5.69 Å². The Hall–Kier alpha value is -2.99. The Bertz CT molecular complexity index is 1260. The highest BCUT2D eigenvalue weighted by Gasteiger charge is 2.09. The van der Waals surface area contributed by atoms with Crippen LogP contribution in [0.2, 0.25) is 10.0 Å². The lowest BCUT2D eigenvalue weighted by atomic mass is 10.0. The lowest BCUT2D eigenvalue weighted by Crippen LogP contribution is -2.17. The summed E-state index contributed by atoms with van der Waals surface area (Å²) in [5.74, 6) is 0.679. The third-order valence-corrected chi connectivity index (χ3v) is 6.42. The fourth-order valence-electron chi connectivity index (χ4n) is 3.90. The van der Waals surface area contributed by atoms with E-state index < -0.39 is 0 Å². The Morgan fingerprint density at radius 1 is 0.971 bits per heavy atom. The number of nitrogens with zero attached hydrogens (tertiary/aromatic N) is 1. The predicted octanol–water partition coefficient (Wildman–Crippen LogP) is 6.44. The molecule has 0 radical (unpaired) electrons. The van der Waals surface area contributed by atoms with Crippen molar-refractivity contribution in [1.29, 1.82) is 0 Å². The zero-order valence-corrected chi connectivity index (χ0v) is 20.5. The number of rotatable bonds is 10. The molecular formula is C27H27Cl2N3O2. The van der Waals surface area contributed by atoms with E-state index in [1.807, 2.05) is 42.6 Å². The molecule has 0 saturated heterocycles. The summed E-state index contributed by atoms with van der Waals surface area (Å²) in [6, 6.07) is 19.3. The zero-order valence-electron chi connectivity index (χ0n) is 18.9.